The van der Waals surface area contributed by atoms with Crippen LogP contribution in [-0.2, 0) is 10.0 Å². The van der Waals surface area contributed by atoms with Crippen LogP contribution in [0.25, 0.3) is 0 Å². The molecule has 154 valence electrons. The molecule has 29 heavy (non-hydrogen) atoms. The van der Waals surface area contributed by atoms with Crippen molar-refractivity contribution in [3.05, 3.63) is 57.1 Å². The molecule has 0 amide bonds. The van der Waals surface area contributed by atoms with Crippen LogP contribution in [0.15, 0.2) is 41.3 Å². The zero-order chi connectivity index (χ0) is 21.2. The van der Waals surface area contributed by atoms with Crippen molar-refractivity contribution in [2.45, 2.75) is 4.90 Å². The summed E-state index contributed by atoms with van der Waals surface area (Å²) in [5, 5.41) is 20.4. The molecule has 1 saturated heterocycles. The average Bonchev–Trinajstić information content (AvgIpc) is 2.68. The summed E-state index contributed by atoms with van der Waals surface area (Å²) in [6.07, 6.45) is 0. The number of hydrogen-bond acceptors (Lipinski definition) is 7. The summed E-state index contributed by atoms with van der Waals surface area (Å²) in [5.74, 6) is 0.576. The lowest BCUT2D eigenvalue weighted by Crippen LogP contribution is -2.33. The van der Waals surface area contributed by atoms with E-state index in [1.807, 2.05) is 4.90 Å². The lowest BCUT2D eigenvalue weighted by molar-refractivity contribution is -0.384. The lowest BCUT2D eigenvalue weighted by Gasteiger charge is -2.29. The molecule has 0 aromatic heterocycles. The van der Waals surface area contributed by atoms with Crippen molar-refractivity contribution in [3.63, 3.8) is 0 Å². The van der Waals surface area contributed by atoms with Crippen LogP contribution >= 0.6 is 23.4 Å². The van der Waals surface area contributed by atoms with Gasteiger partial charge >= 0.3 is 5.97 Å². The van der Waals surface area contributed by atoms with Crippen LogP contribution < -0.4 is 9.62 Å². The van der Waals surface area contributed by atoms with E-state index in [1.54, 1.807) is 17.8 Å². The SMILES string of the molecule is O=C(O)c1cc(NS(=O)(=O)c2ccc(Cl)c([N+](=O)[O-])c2)ccc1N1CCSCC1. The Labute approximate surface area is 175 Å². The van der Waals surface area contributed by atoms with Gasteiger partial charge < -0.3 is 10.0 Å². The number of carboxylic acid groups (broad SMARTS) is 1. The number of anilines is 2. The van der Waals surface area contributed by atoms with Crippen LogP contribution in [0.5, 0.6) is 0 Å². The molecule has 1 aliphatic rings. The van der Waals surface area contributed by atoms with Gasteiger partial charge in [0.1, 0.15) is 5.02 Å². The highest BCUT2D eigenvalue weighted by Crippen LogP contribution is 2.30. The largest absolute Gasteiger partial charge is 0.478 e. The average molecular weight is 458 g/mol. The topological polar surface area (TPSA) is 130 Å². The van der Waals surface area contributed by atoms with Crippen molar-refractivity contribution in [1.29, 1.82) is 0 Å². The number of carbonyl (C=O) groups is 1. The molecule has 0 unspecified atom stereocenters. The molecule has 2 aromatic carbocycles. The van der Waals surface area contributed by atoms with Crippen molar-refractivity contribution in [2.75, 3.05) is 34.2 Å². The summed E-state index contributed by atoms with van der Waals surface area (Å²) in [7, 11) is -4.19. The number of sulfonamides is 1. The van der Waals surface area contributed by atoms with E-state index < -0.39 is 26.6 Å². The predicted molar refractivity (Wildman–Crippen MR) is 112 cm³/mol. The Balaban J connectivity index is 1.93. The number of nitro groups is 1. The summed E-state index contributed by atoms with van der Waals surface area (Å²) in [4.78, 5) is 23.5. The molecule has 0 atom stereocenters. The zero-order valence-electron chi connectivity index (χ0n) is 14.9. The van der Waals surface area contributed by atoms with Crippen LogP contribution in [0, 0.1) is 10.1 Å². The molecule has 2 N–H and O–H groups in total. The summed E-state index contributed by atoms with van der Waals surface area (Å²) in [6, 6.07) is 7.36. The molecule has 3 rings (SSSR count). The van der Waals surface area contributed by atoms with Gasteiger partial charge in [0.05, 0.1) is 21.1 Å². The van der Waals surface area contributed by atoms with E-state index in [0.717, 1.165) is 29.7 Å². The maximum atomic E-state index is 12.6. The Kier molecular flexibility index (Phi) is 6.20. The Morgan fingerprint density at radius 2 is 1.90 bits per heavy atom. The number of rotatable bonds is 6. The second-order valence-corrected chi connectivity index (χ2v) is 9.43. The number of nitrogens with one attached hydrogen (secondary N) is 1. The number of nitrogens with zero attached hydrogens (tertiary/aromatic N) is 2. The van der Waals surface area contributed by atoms with Gasteiger partial charge in [-0.05, 0) is 30.3 Å². The fourth-order valence-corrected chi connectivity index (χ4v) is 5.02. The number of thioether (sulfide) groups is 1. The minimum atomic E-state index is -4.19. The predicted octanol–water partition coefficient (Wildman–Crippen LogP) is 3.30. The Bertz CT molecular complexity index is 1070. The normalized spacial score (nSPS) is 14.4. The first kappa shape index (κ1) is 21.2. The second kappa shape index (κ2) is 8.47. The van der Waals surface area contributed by atoms with Crippen LogP contribution in [0.4, 0.5) is 17.1 Å². The smallest absolute Gasteiger partial charge is 0.337 e. The monoisotopic (exact) mass is 457 g/mol. The summed E-state index contributed by atoms with van der Waals surface area (Å²) in [5.41, 5.74) is -0.0173. The highest BCUT2D eigenvalue weighted by molar-refractivity contribution is 7.99. The van der Waals surface area contributed by atoms with Crippen LogP contribution in [0.3, 0.4) is 0 Å². The minimum absolute atomic E-state index is 0.0285. The molecule has 9 nitrogen and oxygen atoms in total. The Morgan fingerprint density at radius 3 is 2.52 bits per heavy atom. The lowest BCUT2D eigenvalue weighted by atomic mass is 10.1. The highest BCUT2D eigenvalue weighted by atomic mass is 35.5. The molecule has 2 aromatic rings. The van der Waals surface area contributed by atoms with E-state index in [-0.39, 0.29) is 21.2 Å². The number of carboxylic acids is 1. The molecule has 1 aliphatic heterocycles. The number of halogens is 1. The second-order valence-electron chi connectivity index (χ2n) is 6.11. The Morgan fingerprint density at radius 1 is 1.21 bits per heavy atom. The zero-order valence-corrected chi connectivity index (χ0v) is 17.3. The van der Waals surface area contributed by atoms with Gasteiger partial charge in [-0.2, -0.15) is 11.8 Å². The van der Waals surface area contributed by atoms with Crippen molar-refractivity contribution in [1.82, 2.24) is 0 Å². The highest BCUT2D eigenvalue weighted by Gasteiger charge is 2.23. The molecule has 12 heteroatoms. The first-order valence-electron chi connectivity index (χ1n) is 8.36. The molecule has 0 radical (unpaired) electrons. The van der Waals surface area contributed by atoms with Gasteiger partial charge in [0.15, 0.2) is 0 Å². The van der Waals surface area contributed by atoms with Gasteiger partial charge in [-0.25, -0.2) is 13.2 Å². The fourth-order valence-electron chi connectivity index (χ4n) is 2.86. The van der Waals surface area contributed by atoms with Gasteiger partial charge in [-0.15, -0.1) is 0 Å². The van der Waals surface area contributed by atoms with Crippen molar-refractivity contribution < 1.29 is 23.2 Å². The molecule has 0 saturated carbocycles. The molecule has 1 heterocycles. The number of benzene rings is 2. The van der Waals surface area contributed by atoms with E-state index in [1.165, 1.54) is 12.1 Å². The first-order valence-corrected chi connectivity index (χ1v) is 11.4. The summed E-state index contributed by atoms with van der Waals surface area (Å²) < 4.78 is 27.5. The third kappa shape index (κ3) is 4.74. The molecule has 1 fully saturated rings. The maximum Gasteiger partial charge on any atom is 0.337 e. The number of nitro benzene ring substituents is 1. The fraction of sp³-hybridized carbons (Fsp3) is 0.235. The Hall–Kier alpha value is -2.50. The van der Waals surface area contributed by atoms with Gasteiger partial charge in [0.25, 0.3) is 15.7 Å². The molecule has 0 bridgehead atoms. The third-order valence-electron chi connectivity index (χ3n) is 4.26. The van der Waals surface area contributed by atoms with E-state index >= 15 is 0 Å². The van der Waals surface area contributed by atoms with E-state index in [2.05, 4.69) is 4.72 Å². The van der Waals surface area contributed by atoms with Crippen LogP contribution in [0.2, 0.25) is 5.02 Å². The molecule has 0 spiro atoms. The van der Waals surface area contributed by atoms with Crippen molar-refractivity contribution in [2.24, 2.45) is 0 Å². The van der Waals surface area contributed by atoms with Crippen LogP contribution in [-0.4, -0.2) is 49.0 Å². The van der Waals surface area contributed by atoms with E-state index in [9.17, 15) is 28.4 Å². The van der Waals surface area contributed by atoms with E-state index in [0.29, 0.717) is 18.8 Å². The van der Waals surface area contributed by atoms with Gasteiger partial charge in [-0.1, -0.05) is 11.6 Å². The van der Waals surface area contributed by atoms with Gasteiger partial charge in [-0.3, -0.25) is 14.8 Å². The summed E-state index contributed by atoms with van der Waals surface area (Å²) >= 11 is 7.50. The minimum Gasteiger partial charge on any atom is -0.478 e. The first-order chi connectivity index (χ1) is 13.7. The molecular formula is C17H16ClN3O6S2. The standard InChI is InChI=1S/C17H16ClN3O6S2/c18-14-3-2-12(10-16(14)21(24)25)29(26,27)19-11-1-4-15(13(9-11)17(22)23)20-5-7-28-8-6-20/h1-4,9-10,19H,5-8H2,(H,22,23). The molecule has 0 aliphatic carbocycles. The van der Waals surface area contributed by atoms with Crippen LogP contribution in [0.1, 0.15) is 10.4 Å². The summed E-state index contributed by atoms with van der Waals surface area (Å²) in [6.45, 7) is 1.40. The quantitative estimate of drug-likeness (QED) is 0.499. The maximum absolute atomic E-state index is 12.6. The molecular weight excluding hydrogens is 442 g/mol. The number of aromatic carboxylic acids is 1. The van der Waals surface area contributed by atoms with Crippen molar-refractivity contribution >= 4 is 56.4 Å². The third-order valence-corrected chi connectivity index (χ3v) is 6.90. The van der Waals surface area contributed by atoms with Crippen molar-refractivity contribution in [3.8, 4) is 0 Å². The van der Waals surface area contributed by atoms with E-state index in [4.69, 9.17) is 11.6 Å². The van der Waals surface area contributed by atoms with Gasteiger partial charge in [0, 0.05) is 36.3 Å². The van der Waals surface area contributed by atoms with Gasteiger partial charge in [0.2, 0.25) is 0 Å². The number of hydrogen-bond donors (Lipinski definition) is 2.